The zero-order valence-electron chi connectivity index (χ0n) is 25.5. The number of pyridine rings is 2. The number of aliphatic hydroxyl groups is 1. The van der Waals surface area contributed by atoms with Crippen LogP contribution < -0.4 is 11.1 Å². The smallest absolute Gasteiger partial charge is 0.178 e. The van der Waals surface area contributed by atoms with Gasteiger partial charge < -0.3 is 39.0 Å². The minimum atomic E-state index is -0.709. The maximum Gasteiger partial charge on any atom is 0.178 e. The van der Waals surface area contributed by atoms with Crippen molar-refractivity contribution in [1.82, 2.24) is 19.5 Å². The van der Waals surface area contributed by atoms with Gasteiger partial charge in [0.25, 0.3) is 0 Å². The van der Waals surface area contributed by atoms with Gasteiger partial charge in [-0.05, 0) is 32.6 Å². The van der Waals surface area contributed by atoms with Gasteiger partial charge in [-0.1, -0.05) is 0 Å². The minimum Gasteiger partial charge on any atom is -0.460 e. The first-order chi connectivity index (χ1) is 22.5. The lowest BCUT2D eigenvalue weighted by molar-refractivity contribution is -0.00952. The van der Waals surface area contributed by atoms with Crippen molar-refractivity contribution in [2.24, 2.45) is 0 Å². The number of fused-ring (bicyclic) bond motifs is 4. The molecule has 0 saturated carbocycles. The standard InChI is InChI=1S/C17H18N4O3.C14H16N4O2.I2.HI/c1-10(22)17-20-14-8-19-13-5-7-23-16(13)15(14)21(17)11-2-3-12(4-6-18)24-9-11;15-5-3-10-2-1-9(8-20-10)18-13-11(16)7-17-12-4-6-19-14(12)13;1-2;/h5,7-8,10-12,22H,2-4,9H2,1H3;4,6-7,9-10H,1-3,8,16H2,(H,17,18);;1H/t10-,11+,12-;9-,10+;;/m10../s1. The van der Waals surface area contributed by atoms with E-state index in [0.29, 0.717) is 54.2 Å². The van der Waals surface area contributed by atoms with Crippen molar-refractivity contribution in [1.29, 1.82) is 10.5 Å². The molecule has 0 aromatic carbocycles. The number of nitrogens with two attached hydrogens (primary N) is 1. The van der Waals surface area contributed by atoms with E-state index in [1.54, 1.807) is 37.9 Å². The molecule has 2 aliphatic heterocycles. The fourth-order valence-corrected chi connectivity index (χ4v) is 5.88. The molecule has 5 atom stereocenters. The molecular weight excluding hydrogens is 945 g/mol. The largest absolute Gasteiger partial charge is 0.460 e. The summed E-state index contributed by atoms with van der Waals surface area (Å²) in [6, 6.07) is 8.14. The van der Waals surface area contributed by atoms with Gasteiger partial charge in [0.2, 0.25) is 0 Å². The number of hydrogen-bond donors (Lipinski definition) is 3. The number of nitrogens with one attached hydrogen (secondary N) is 1. The fourth-order valence-electron chi connectivity index (χ4n) is 5.88. The monoisotopic (exact) mass is 980 g/mol. The Morgan fingerprint density at radius 2 is 1.57 bits per heavy atom. The maximum absolute atomic E-state index is 10.2. The molecule has 2 aliphatic rings. The highest BCUT2D eigenvalue weighted by molar-refractivity contribution is 15.0. The zero-order chi connectivity index (χ0) is 32.6. The van der Waals surface area contributed by atoms with Crippen molar-refractivity contribution in [2.75, 3.05) is 24.3 Å². The van der Waals surface area contributed by atoms with Crippen LogP contribution in [0.3, 0.4) is 0 Å². The zero-order valence-corrected chi connectivity index (χ0v) is 32.2. The number of nitrogens with zero attached hydrogens (tertiary/aromatic N) is 6. The normalized spacial score (nSPS) is 21.3. The lowest BCUT2D eigenvalue weighted by Crippen LogP contribution is -2.34. The third-order valence-corrected chi connectivity index (χ3v) is 8.10. The molecule has 0 bridgehead atoms. The van der Waals surface area contributed by atoms with Crippen LogP contribution in [0, 0.1) is 22.7 Å². The predicted molar refractivity (Wildman–Crippen MR) is 205 cm³/mol. The Labute approximate surface area is 311 Å². The second-order valence-corrected chi connectivity index (χ2v) is 11.2. The van der Waals surface area contributed by atoms with Crippen molar-refractivity contribution in [3.63, 3.8) is 0 Å². The van der Waals surface area contributed by atoms with Gasteiger partial charge in [0.15, 0.2) is 11.2 Å². The van der Waals surface area contributed by atoms with Crippen LogP contribution in [-0.4, -0.2) is 56.1 Å². The van der Waals surface area contributed by atoms with E-state index in [0.717, 1.165) is 47.9 Å². The SMILES string of the molecule is C[C@@H](O)c1nc2cnc3ccoc3c2n1[C@H]1CC[C@H](CC#N)OC1.I.II.N#CC[C@H]1CC[C@H](Nc2c(N)cnc3ccoc23)CO1. The van der Waals surface area contributed by atoms with E-state index in [-0.39, 0.29) is 48.3 Å². The molecule has 7 heterocycles. The van der Waals surface area contributed by atoms with Gasteiger partial charge >= 0.3 is 0 Å². The molecule has 250 valence electrons. The van der Waals surface area contributed by atoms with E-state index in [2.05, 4.69) is 69.6 Å². The summed E-state index contributed by atoms with van der Waals surface area (Å²) in [6.07, 6.45) is 10.2. The molecule has 5 aromatic rings. The fraction of sp³-hybridized carbons (Fsp3) is 0.452. The Morgan fingerprint density at radius 1 is 0.957 bits per heavy atom. The first kappa shape index (κ1) is 37.3. The molecule has 0 aliphatic carbocycles. The maximum atomic E-state index is 10.2. The number of rotatable bonds is 6. The summed E-state index contributed by atoms with van der Waals surface area (Å²) in [7, 11) is 0. The number of aromatic nitrogens is 4. The molecule has 13 nitrogen and oxygen atoms in total. The highest BCUT2D eigenvalue weighted by atomic mass is 128. The quantitative estimate of drug-likeness (QED) is 0.142. The number of halogens is 3. The Bertz CT molecular complexity index is 1830. The summed E-state index contributed by atoms with van der Waals surface area (Å²) in [5.74, 6) is 0.586. The van der Waals surface area contributed by atoms with E-state index in [1.165, 1.54) is 0 Å². The summed E-state index contributed by atoms with van der Waals surface area (Å²) in [6.45, 7) is 2.75. The van der Waals surface area contributed by atoms with Crippen LogP contribution in [0.4, 0.5) is 11.4 Å². The second kappa shape index (κ2) is 17.8. The Balaban J connectivity index is 0.000000201. The molecule has 4 N–H and O–H groups in total. The molecule has 0 spiro atoms. The van der Waals surface area contributed by atoms with Crippen LogP contribution in [0.1, 0.15) is 63.4 Å². The van der Waals surface area contributed by atoms with Gasteiger partial charge in [0.1, 0.15) is 39.7 Å². The Morgan fingerprint density at radius 3 is 2.17 bits per heavy atom. The number of nitrogen functional groups attached to an aromatic ring is 1. The van der Waals surface area contributed by atoms with Crippen LogP contribution >= 0.6 is 61.2 Å². The average Bonchev–Trinajstić information content (AvgIpc) is 3.84. The van der Waals surface area contributed by atoms with Crippen molar-refractivity contribution in [2.45, 2.75) is 75.8 Å². The minimum absolute atomic E-state index is 0. The molecule has 0 radical (unpaired) electrons. The van der Waals surface area contributed by atoms with Crippen molar-refractivity contribution < 1.29 is 23.4 Å². The molecule has 0 unspecified atom stereocenters. The molecule has 2 saturated heterocycles. The third-order valence-electron chi connectivity index (χ3n) is 8.10. The predicted octanol–water partition coefficient (Wildman–Crippen LogP) is 7.54. The summed E-state index contributed by atoms with van der Waals surface area (Å²) in [5, 5.41) is 31.0. The average molecular weight is 980 g/mol. The highest BCUT2D eigenvalue weighted by Crippen LogP contribution is 2.35. The Kier molecular flexibility index (Phi) is 14.1. The summed E-state index contributed by atoms with van der Waals surface area (Å²) < 4.78 is 24.6. The molecular formula is C31H35I3N8O5. The lowest BCUT2D eigenvalue weighted by Gasteiger charge is -2.30. The van der Waals surface area contributed by atoms with Crippen LogP contribution in [0.25, 0.3) is 33.2 Å². The molecule has 0 amide bonds. The number of furan rings is 2. The van der Waals surface area contributed by atoms with Crippen molar-refractivity contribution in [3.8, 4) is 12.1 Å². The van der Waals surface area contributed by atoms with Gasteiger partial charge in [-0.25, -0.2) is 4.98 Å². The van der Waals surface area contributed by atoms with Gasteiger partial charge in [0, 0.05) is 55.4 Å². The van der Waals surface area contributed by atoms with E-state index in [9.17, 15) is 5.11 Å². The van der Waals surface area contributed by atoms with Gasteiger partial charge in [0.05, 0.1) is 87.1 Å². The number of nitriles is 2. The van der Waals surface area contributed by atoms with Crippen molar-refractivity contribution >= 4 is 106 Å². The van der Waals surface area contributed by atoms with E-state index in [1.807, 2.05) is 10.6 Å². The van der Waals surface area contributed by atoms with Gasteiger partial charge in [-0.15, -0.1) is 24.0 Å². The topological polar surface area (TPSA) is 194 Å². The summed E-state index contributed by atoms with van der Waals surface area (Å²) in [4.78, 5) is 13.1. The summed E-state index contributed by atoms with van der Waals surface area (Å²) in [5.41, 5.74) is 11.7. The first-order valence-corrected chi connectivity index (χ1v) is 21.2. The van der Waals surface area contributed by atoms with Crippen LogP contribution in [0.2, 0.25) is 0 Å². The molecule has 7 rings (SSSR count). The van der Waals surface area contributed by atoms with Crippen molar-refractivity contribution in [3.05, 3.63) is 42.9 Å². The highest BCUT2D eigenvalue weighted by Gasteiger charge is 2.29. The number of imidazole rings is 1. The lowest BCUT2D eigenvalue weighted by atomic mass is 10.0. The number of anilines is 2. The Hall–Kier alpha value is -2.50. The number of ether oxygens (including phenoxy) is 2. The molecule has 16 heteroatoms. The van der Waals surface area contributed by atoms with Crippen LogP contribution in [0.15, 0.2) is 45.9 Å². The van der Waals surface area contributed by atoms with Gasteiger partial charge in [-0.3, -0.25) is 9.97 Å². The molecule has 5 aromatic heterocycles. The van der Waals surface area contributed by atoms with E-state index < -0.39 is 6.10 Å². The molecule has 47 heavy (non-hydrogen) atoms. The number of hydrogen-bond acceptors (Lipinski definition) is 12. The van der Waals surface area contributed by atoms with Gasteiger partial charge in [-0.2, -0.15) is 10.5 Å². The second-order valence-electron chi connectivity index (χ2n) is 11.2. The van der Waals surface area contributed by atoms with E-state index >= 15 is 0 Å². The molecule has 2 fully saturated rings. The third kappa shape index (κ3) is 8.57. The number of aliphatic hydroxyl groups excluding tert-OH is 1. The van der Waals surface area contributed by atoms with Crippen LogP contribution in [-0.2, 0) is 9.47 Å². The van der Waals surface area contributed by atoms with Crippen LogP contribution in [0.5, 0.6) is 0 Å². The first-order valence-electron chi connectivity index (χ1n) is 14.9. The summed E-state index contributed by atoms with van der Waals surface area (Å²) >= 11 is 4.24. The van der Waals surface area contributed by atoms with E-state index in [4.69, 9.17) is 34.6 Å².